The average molecular weight is 249 g/mol. The number of pyridine rings is 1. The zero-order chi connectivity index (χ0) is 13.0. The van der Waals surface area contributed by atoms with Crippen molar-refractivity contribution in [3.05, 3.63) is 23.4 Å². The van der Waals surface area contributed by atoms with Gasteiger partial charge in [0.15, 0.2) is 0 Å². The molecule has 0 radical (unpaired) electrons. The number of rotatable bonds is 4. The van der Waals surface area contributed by atoms with E-state index in [0.717, 1.165) is 0 Å². The van der Waals surface area contributed by atoms with Crippen LogP contribution in [-0.2, 0) is 0 Å². The van der Waals surface area contributed by atoms with Crippen LogP contribution in [0.4, 0.5) is 0 Å². The lowest BCUT2D eigenvalue weighted by Gasteiger charge is -2.21. The molecule has 0 saturated heterocycles. The van der Waals surface area contributed by atoms with Crippen molar-refractivity contribution in [3.63, 3.8) is 0 Å². The van der Waals surface area contributed by atoms with Crippen LogP contribution in [-0.4, -0.2) is 22.7 Å². The molecule has 0 spiro atoms. The molecule has 1 aliphatic carbocycles. The number of hydrogen-bond donors (Lipinski definition) is 1. The highest BCUT2D eigenvalue weighted by Crippen LogP contribution is 2.25. The minimum absolute atomic E-state index is 0.267. The SMILES string of the molecule is Cc1c(C(=O)O)ccnc1OCC1CCCCC1. The number of ether oxygens (including phenoxy) is 1. The Bertz CT molecular complexity index is 425. The molecule has 1 aromatic rings. The van der Waals surface area contributed by atoms with Gasteiger partial charge in [-0.1, -0.05) is 19.3 Å². The Morgan fingerprint density at radius 1 is 1.44 bits per heavy atom. The molecule has 1 aromatic heterocycles. The Labute approximate surface area is 107 Å². The van der Waals surface area contributed by atoms with E-state index in [-0.39, 0.29) is 5.56 Å². The van der Waals surface area contributed by atoms with Crippen LogP contribution in [0.25, 0.3) is 0 Å². The number of carbonyl (C=O) groups is 1. The first-order chi connectivity index (χ1) is 8.68. The Morgan fingerprint density at radius 3 is 2.83 bits per heavy atom. The molecular weight excluding hydrogens is 230 g/mol. The van der Waals surface area contributed by atoms with Gasteiger partial charge in [-0.05, 0) is 31.7 Å². The van der Waals surface area contributed by atoms with Crippen LogP contribution in [0.5, 0.6) is 5.88 Å². The number of carboxylic acid groups (broad SMARTS) is 1. The summed E-state index contributed by atoms with van der Waals surface area (Å²) in [5, 5.41) is 9.02. The third-order valence-electron chi connectivity index (χ3n) is 3.57. The summed E-state index contributed by atoms with van der Waals surface area (Å²) in [5.74, 6) is 0.117. The van der Waals surface area contributed by atoms with E-state index in [9.17, 15) is 4.79 Å². The third-order valence-corrected chi connectivity index (χ3v) is 3.57. The largest absolute Gasteiger partial charge is 0.478 e. The minimum Gasteiger partial charge on any atom is -0.478 e. The zero-order valence-corrected chi connectivity index (χ0v) is 10.7. The highest BCUT2D eigenvalue weighted by molar-refractivity contribution is 5.89. The summed E-state index contributed by atoms with van der Waals surface area (Å²) >= 11 is 0. The normalized spacial score (nSPS) is 16.5. The molecule has 0 bridgehead atoms. The van der Waals surface area contributed by atoms with Gasteiger partial charge in [0, 0.05) is 11.8 Å². The van der Waals surface area contributed by atoms with Crippen molar-refractivity contribution < 1.29 is 14.6 Å². The predicted octanol–water partition coefficient (Wildman–Crippen LogP) is 3.05. The Balaban J connectivity index is 2.00. The van der Waals surface area contributed by atoms with Gasteiger partial charge in [-0.3, -0.25) is 0 Å². The van der Waals surface area contributed by atoms with E-state index in [4.69, 9.17) is 9.84 Å². The fraction of sp³-hybridized carbons (Fsp3) is 0.571. The van der Waals surface area contributed by atoms with Crippen LogP contribution in [0.2, 0.25) is 0 Å². The van der Waals surface area contributed by atoms with E-state index in [1.54, 1.807) is 6.92 Å². The van der Waals surface area contributed by atoms with Gasteiger partial charge >= 0.3 is 5.97 Å². The van der Waals surface area contributed by atoms with Gasteiger partial charge in [0.25, 0.3) is 0 Å². The van der Waals surface area contributed by atoms with Gasteiger partial charge in [-0.2, -0.15) is 0 Å². The van der Waals surface area contributed by atoms with Gasteiger partial charge in [0.2, 0.25) is 5.88 Å². The molecule has 1 aliphatic rings. The van der Waals surface area contributed by atoms with E-state index in [1.807, 2.05) is 0 Å². The van der Waals surface area contributed by atoms with E-state index >= 15 is 0 Å². The lowest BCUT2D eigenvalue weighted by Crippen LogP contribution is -2.16. The molecule has 4 nitrogen and oxygen atoms in total. The molecular formula is C14H19NO3. The van der Waals surface area contributed by atoms with Crippen molar-refractivity contribution in [2.75, 3.05) is 6.61 Å². The van der Waals surface area contributed by atoms with E-state index in [0.29, 0.717) is 24.0 Å². The highest BCUT2D eigenvalue weighted by atomic mass is 16.5. The second-order valence-corrected chi connectivity index (χ2v) is 4.91. The molecule has 0 atom stereocenters. The van der Waals surface area contributed by atoms with Crippen molar-refractivity contribution >= 4 is 5.97 Å². The number of carboxylic acids is 1. The molecule has 1 saturated carbocycles. The minimum atomic E-state index is -0.933. The standard InChI is InChI=1S/C14H19NO3/c1-10-12(14(16)17)7-8-15-13(10)18-9-11-5-3-2-4-6-11/h7-8,11H,2-6,9H2,1H3,(H,16,17). The van der Waals surface area contributed by atoms with Crippen LogP contribution < -0.4 is 4.74 Å². The summed E-state index contributed by atoms with van der Waals surface area (Å²) in [6, 6.07) is 1.51. The van der Waals surface area contributed by atoms with Gasteiger partial charge in [0.1, 0.15) is 0 Å². The van der Waals surface area contributed by atoms with Gasteiger partial charge in [-0.25, -0.2) is 9.78 Å². The fourth-order valence-corrected chi connectivity index (χ4v) is 2.44. The first kappa shape index (κ1) is 12.9. The molecule has 1 heterocycles. The second kappa shape index (κ2) is 5.85. The van der Waals surface area contributed by atoms with E-state index in [1.165, 1.54) is 44.4 Å². The van der Waals surface area contributed by atoms with Gasteiger partial charge in [-0.15, -0.1) is 0 Å². The molecule has 0 unspecified atom stereocenters. The summed E-state index contributed by atoms with van der Waals surface area (Å²) < 4.78 is 5.69. The number of aromatic nitrogens is 1. The van der Waals surface area contributed by atoms with Crippen LogP contribution >= 0.6 is 0 Å². The van der Waals surface area contributed by atoms with Crippen molar-refractivity contribution in [2.24, 2.45) is 5.92 Å². The predicted molar refractivity (Wildman–Crippen MR) is 68.0 cm³/mol. The molecule has 1 fully saturated rings. The fourth-order valence-electron chi connectivity index (χ4n) is 2.44. The van der Waals surface area contributed by atoms with Crippen molar-refractivity contribution in [1.29, 1.82) is 0 Å². The molecule has 2 rings (SSSR count). The van der Waals surface area contributed by atoms with E-state index in [2.05, 4.69) is 4.98 Å². The van der Waals surface area contributed by atoms with Crippen LogP contribution in [0, 0.1) is 12.8 Å². The quantitative estimate of drug-likeness (QED) is 0.891. The monoisotopic (exact) mass is 249 g/mol. The molecule has 1 N–H and O–H groups in total. The van der Waals surface area contributed by atoms with Crippen molar-refractivity contribution in [1.82, 2.24) is 4.98 Å². The highest BCUT2D eigenvalue weighted by Gasteiger charge is 2.16. The first-order valence-corrected chi connectivity index (χ1v) is 6.50. The van der Waals surface area contributed by atoms with Crippen LogP contribution in [0.15, 0.2) is 12.3 Å². The molecule has 98 valence electrons. The number of hydrogen-bond acceptors (Lipinski definition) is 3. The first-order valence-electron chi connectivity index (χ1n) is 6.50. The lowest BCUT2D eigenvalue weighted by molar-refractivity contribution is 0.0695. The molecule has 0 aliphatic heterocycles. The van der Waals surface area contributed by atoms with Crippen molar-refractivity contribution in [2.45, 2.75) is 39.0 Å². The Kier molecular flexibility index (Phi) is 4.18. The number of nitrogens with zero attached hydrogens (tertiary/aromatic N) is 1. The Morgan fingerprint density at radius 2 is 2.17 bits per heavy atom. The maximum atomic E-state index is 11.0. The van der Waals surface area contributed by atoms with Gasteiger partial charge in [0.05, 0.1) is 12.2 Å². The average Bonchev–Trinajstić information content (AvgIpc) is 2.38. The third kappa shape index (κ3) is 3.00. The van der Waals surface area contributed by atoms with Crippen LogP contribution in [0.3, 0.4) is 0 Å². The van der Waals surface area contributed by atoms with Crippen LogP contribution in [0.1, 0.15) is 48.0 Å². The number of aromatic carboxylic acids is 1. The summed E-state index contributed by atoms with van der Waals surface area (Å²) in [4.78, 5) is 15.1. The maximum Gasteiger partial charge on any atom is 0.336 e. The van der Waals surface area contributed by atoms with Crippen molar-refractivity contribution in [3.8, 4) is 5.88 Å². The molecule has 4 heteroatoms. The molecule has 18 heavy (non-hydrogen) atoms. The zero-order valence-electron chi connectivity index (χ0n) is 10.7. The summed E-state index contributed by atoms with van der Waals surface area (Å²) in [5.41, 5.74) is 0.879. The molecule has 0 aromatic carbocycles. The summed E-state index contributed by atoms with van der Waals surface area (Å²) in [7, 11) is 0. The summed E-state index contributed by atoms with van der Waals surface area (Å²) in [6.45, 7) is 2.39. The smallest absolute Gasteiger partial charge is 0.336 e. The maximum absolute atomic E-state index is 11.0. The molecule has 0 amide bonds. The van der Waals surface area contributed by atoms with Gasteiger partial charge < -0.3 is 9.84 Å². The second-order valence-electron chi connectivity index (χ2n) is 4.91. The lowest BCUT2D eigenvalue weighted by atomic mass is 9.90. The Hall–Kier alpha value is -1.58. The van der Waals surface area contributed by atoms with E-state index < -0.39 is 5.97 Å². The summed E-state index contributed by atoms with van der Waals surface area (Å²) in [6.07, 6.45) is 7.77. The topological polar surface area (TPSA) is 59.4 Å².